The average Bonchev–Trinajstić information content (AvgIpc) is 2.42. The summed E-state index contributed by atoms with van der Waals surface area (Å²) in [5.41, 5.74) is 7.52. The first-order valence-electron chi connectivity index (χ1n) is 7.23. The fourth-order valence-electron chi connectivity index (χ4n) is 3.31. The molecule has 2 aliphatic heterocycles. The van der Waals surface area contributed by atoms with Crippen LogP contribution in [0.3, 0.4) is 0 Å². The van der Waals surface area contributed by atoms with E-state index in [0.717, 1.165) is 31.7 Å². The molecule has 1 unspecified atom stereocenters. The summed E-state index contributed by atoms with van der Waals surface area (Å²) in [6.07, 6.45) is 4.02. The van der Waals surface area contributed by atoms with Crippen LogP contribution < -0.4 is 5.73 Å². The summed E-state index contributed by atoms with van der Waals surface area (Å²) in [6, 6.07) is 5.45. The van der Waals surface area contributed by atoms with Crippen LogP contribution in [0, 0.1) is 5.82 Å². The molecule has 1 aromatic rings. The van der Waals surface area contributed by atoms with Gasteiger partial charge in [-0.1, -0.05) is 12.5 Å². The van der Waals surface area contributed by atoms with Gasteiger partial charge < -0.3 is 5.73 Å². The van der Waals surface area contributed by atoms with Gasteiger partial charge in [0.25, 0.3) is 0 Å². The maximum absolute atomic E-state index is 13.0. The van der Waals surface area contributed by atoms with Gasteiger partial charge in [0.15, 0.2) is 0 Å². The van der Waals surface area contributed by atoms with Gasteiger partial charge in [0, 0.05) is 37.9 Å². The first-order valence-corrected chi connectivity index (χ1v) is 7.23. The molecule has 2 fully saturated rings. The lowest BCUT2D eigenvalue weighted by atomic mass is 9.99. The molecule has 3 rings (SSSR count). The Morgan fingerprint density at radius 2 is 2.11 bits per heavy atom. The van der Waals surface area contributed by atoms with Gasteiger partial charge in [-0.3, -0.25) is 9.80 Å². The molecule has 104 valence electrons. The zero-order valence-electron chi connectivity index (χ0n) is 11.3. The van der Waals surface area contributed by atoms with Crippen LogP contribution in [0.15, 0.2) is 18.2 Å². The summed E-state index contributed by atoms with van der Waals surface area (Å²) in [7, 11) is 0. The van der Waals surface area contributed by atoms with Crippen molar-refractivity contribution in [2.24, 2.45) is 0 Å². The van der Waals surface area contributed by atoms with Crippen molar-refractivity contribution in [3.63, 3.8) is 0 Å². The number of hydrogen-bond donors (Lipinski definition) is 1. The average molecular weight is 263 g/mol. The van der Waals surface area contributed by atoms with Gasteiger partial charge in [-0.25, -0.2) is 4.39 Å². The number of rotatable bonds is 2. The van der Waals surface area contributed by atoms with E-state index >= 15 is 0 Å². The maximum Gasteiger partial charge on any atom is 0.125 e. The summed E-state index contributed by atoms with van der Waals surface area (Å²) < 4.78 is 13.0. The lowest BCUT2D eigenvalue weighted by Crippen LogP contribution is -2.54. The third-order valence-electron chi connectivity index (χ3n) is 4.42. The van der Waals surface area contributed by atoms with Crippen LogP contribution in [0.4, 0.5) is 10.1 Å². The number of piperidine rings is 1. The quantitative estimate of drug-likeness (QED) is 0.829. The number of piperazine rings is 1. The zero-order chi connectivity index (χ0) is 13.2. The monoisotopic (exact) mass is 263 g/mol. The maximum atomic E-state index is 13.0. The van der Waals surface area contributed by atoms with E-state index in [1.54, 1.807) is 0 Å². The fraction of sp³-hybridized carbons (Fsp3) is 0.600. The van der Waals surface area contributed by atoms with Gasteiger partial charge in [0.1, 0.15) is 5.82 Å². The van der Waals surface area contributed by atoms with Crippen LogP contribution in [-0.2, 0) is 6.54 Å². The Balaban J connectivity index is 1.64. The zero-order valence-corrected chi connectivity index (χ0v) is 11.3. The highest BCUT2D eigenvalue weighted by molar-refractivity contribution is 5.46. The Morgan fingerprint density at radius 3 is 2.95 bits per heavy atom. The number of halogens is 1. The second kappa shape index (κ2) is 5.47. The first kappa shape index (κ1) is 12.9. The van der Waals surface area contributed by atoms with Crippen molar-refractivity contribution in [2.45, 2.75) is 31.8 Å². The number of nitrogens with two attached hydrogens (primary N) is 1. The molecular formula is C15H22FN3. The number of nitrogen functional groups attached to an aromatic ring is 1. The normalized spacial score (nSPS) is 25.2. The highest BCUT2D eigenvalue weighted by atomic mass is 19.1. The molecule has 2 aliphatic rings. The Hall–Kier alpha value is -1.13. The number of hydrogen-bond acceptors (Lipinski definition) is 3. The molecule has 4 heteroatoms. The van der Waals surface area contributed by atoms with Crippen molar-refractivity contribution in [1.29, 1.82) is 0 Å². The van der Waals surface area contributed by atoms with Crippen molar-refractivity contribution in [1.82, 2.24) is 9.80 Å². The van der Waals surface area contributed by atoms with E-state index in [9.17, 15) is 4.39 Å². The van der Waals surface area contributed by atoms with Crippen molar-refractivity contribution in [2.75, 3.05) is 31.9 Å². The van der Waals surface area contributed by atoms with Gasteiger partial charge in [-0.05, 0) is 37.1 Å². The standard InChI is InChI=1S/C15H22FN3/c16-13-5-4-12(15(17)9-13)10-18-7-8-19-6-2-1-3-14(19)11-18/h4-5,9,14H,1-3,6-8,10-11,17H2. The molecular weight excluding hydrogens is 241 g/mol. The summed E-state index contributed by atoms with van der Waals surface area (Å²) in [5, 5.41) is 0. The van der Waals surface area contributed by atoms with Crippen molar-refractivity contribution < 1.29 is 4.39 Å². The summed E-state index contributed by atoms with van der Waals surface area (Å²) in [5.74, 6) is -0.252. The Bertz CT molecular complexity index is 449. The van der Waals surface area contributed by atoms with Gasteiger partial charge in [0.05, 0.1) is 0 Å². The lowest BCUT2D eigenvalue weighted by Gasteiger charge is -2.44. The molecule has 0 radical (unpaired) electrons. The van der Waals surface area contributed by atoms with Crippen LogP contribution in [0.5, 0.6) is 0 Å². The molecule has 19 heavy (non-hydrogen) atoms. The Kier molecular flexibility index (Phi) is 3.71. The molecule has 2 heterocycles. The Morgan fingerprint density at radius 1 is 1.21 bits per heavy atom. The SMILES string of the molecule is Nc1cc(F)ccc1CN1CCN2CCCCC2C1. The van der Waals surface area contributed by atoms with Gasteiger partial charge in [0.2, 0.25) is 0 Å². The summed E-state index contributed by atoms with van der Waals surface area (Å²) in [6.45, 7) is 5.48. The van der Waals surface area contributed by atoms with Crippen LogP contribution >= 0.6 is 0 Å². The van der Waals surface area contributed by atoms with Gasteiger partial charge in [-0.2, -0.15) is 0 Å². The van der Waals surface area contributed by atoms with Crippen LogP contribution in [0.25, 0.3) is 0 Å². The molecule has 0 aromatic heterocycles. The highest BCUT2D eigenvalue weighted by Gasteiger charge is 2.28. The van der Waals surface area contributed by atoms with E-state index in [2.05, 4.69) is 9.80 Å². The summed E-state index contributed by atoms with van der Waals surface area (Å²) >= 11 is 0. The predicted octanol–water partition coefficient (Wildman–Crippen LogP) is 2.08. The number of benzene rings is 1. The van der Waals surface area contributed by atoms with Crippen LogP contribution in [-0.4, -0.2) is 42.0 Å². The van der Waals surface area contributed by atoms with E-state index in [1.807, 2.05) is 6.07 Å². The van der Waals surface area contributed by atoms with Gasteiger partial charge in [-0.15, -0.1) is 0 Å². The third kappa shape index (κ3) is 2.90. The molecule has 1 atom stereocenters. The van der Waals surface area contributed by atoms with Crippen LogP contribution in [0.1, 0.15) is 24.8 Å². The van der Waals surface area contributed by atoms with E-state index in [0.29, 0.717) is 11.7 Å². The highest BCUT2D eigenvalue weighted by Crippen LogP contribution is 2.23. The summed E-state index contributed by atoms with van der Waals surface area (Å²) in [4.78, 5) is 5.07. The third-order valence-corrected chi connectivity index (χ3v) is 4.42. The van der Waals surface area contributed by atoms with Crippen LogP contribution in [0.2, 0.25) is 0 Å². The molecule has 0 saturated carbocycles. The second-order valence-corrected chi connectivity index (χ2v) is 5.76. The molecule has 2 N–H and O–H groups in total. The largest absolute Gasteiger partial charge is 0.398 e. The van der Waals surface area contributed by atoms with Crippen molar-refractivity contribution in [3.8, 4) is 0 Å². The molecule has 0 aliphatic carbocycles. The molecule has 3 nitrogen and oxygen atoms in total. The molecule has 0 spiro atoms. The predicted molar refractivity (Wildman–Crippen MR) is 75.3 cm³/mol. The topological polar surface area (TPSA) is 32.5 Å². The van der Waals surface area contributed by atoms with E-state index in [-0.39, 0.29) is 5.82 Å². The number of nitrogens with zero attached hydrogens (tertiary/aromatic N) is 2. The minimum atomic E-state index is -0.252. The Labute approximate surface area is 114 Å². The van der Waals surface area contributed by atoms with E-state index in [4.69, 9.17) is 5.73 Å². The molecule has 1 aromatic carbocycles. The number of anilines is 1. The smallest absolute Gasteiger partial charge is 0.125 e. The number of fused-ring (bicyclic) bond motifs is 1. The van der Waals surface area contributed by atoms with E-state index in [1.165, 1.54) is 37.9 Å². The fourth-order valence-corrected chi connectivity index (χ4v) is 3.31. The minimum absolute atomic E-state index is 0.252. The second-order valence-electron chi connectivity index (χ2n) is 5.76. The van der Waals surface area contributed by atoms with Gasteiger partial charge >= 0.3 is 0 Å². The molecule has 0 bridgehead atoms. The minimum Gasteiger partial charge on any atom is -0.398 e. The first-order chi connectivity index (χ1) is 9.22. The van der Waals surface area contributed by atoms with Crippen molar-refractivity contribution in [3.05, 3.63) is 29.6 Å². The molecule has 2 saturated heterocycles. The lowest BCUT2D eigenvalue weighted by molar-refractivity contribution is 0.0458. The van der Waals surface area contributed by atoms with Crippen molar-refractivity contribution >= 4 is 5.69 Å². The molecule has 0 amide bonds. The van der Waals surface area contributed by atoms with E-state index < -0.39 is 0 Å².